The smallest absolute Gasteiger partial charge is 0.0274 e. The van der Waals surface area contributed by atoms with E-state index in [9.17, 15) is 0 Å². The Hall–Kier alpha value is -0.160. The maximum Gasteiger partial charge on any atom is 0.0274 e. The molecule has 4 atom stereocenters. The van der Waals surface area contributed by atoms with Crippen molar-refractivity contribution < 1.29 is 0 Å². The molecule has 2 aromatic rings. The maximum atomic E-state index is 2.28. The predicted molar refractivity (Wildman–Crippen MR) is 132 cm³/mol. The van der Waals surface area contributed by atoms with E-state index in [0.29, 0.717) is 0 Å². The van der Waals surface area contributed by atoms with Crippen molar-refractivity contribution in [3.8, 4) is 0 Å². The molecule has 0 spiro atoms. The second kappa shape index (κ2) is 11.3. The van der Waals surface area contributed by atoms with E-state index >= 15 is 0 Å². The van der Waals surface area contributed by atoms with Gasteiger partial charge < -0.3 is 0 Å². The lowest BCUT2D eigenvalue weighted by atomic mass is 10.00. The highest BCUT2D eigenvalue weighted by Gasteiger charge is 2.31. The second-order valence-electron chi connectivity index (χ2n) is 7.78. The molecule has 4 unspecified atom stereocenters. The van der Waals surface area contributed by atoms with Crippen molar-refractivity contribution >= 4 is 45.1 Å². The first-order chi connectivity index (χ1) is 13.9. The third kappa shape index (κ3) is 6.17. The average Bonchev–Trinajstić information content (AvgIpc) is 2.76. The molecule has 2 aliphatic carbocycles. The minimum atomic E-state index is 0.775. The van der Waals surface area contributed by atoms with Crippen LogP contribution in [0.3, 0.4) is 0 Å². The zero-order chi connectivity index (χ0) is 19.0. The average molecular weight is 447 g/mol. The van der Waals surface area contributed by atoms with Crippen molar-refractivity contribution in [1.82, 2.24) is 0 Å². The molecule has 0 bridgehead atoms. The van der Waals surface area contributed by atoms with Crippen LogP contribution in [0.2, 0.25) is 0 Å². The second-order valence-corrected chi connectivity index (χ2v) is 13.2. The molecule has 0 heterocycles. The van der Waals surface area contributed by atoms with Crippen LogP contribution in [-0.4, -0.2) is 21.0 Å². The lowest BCUT2D eigenvalue weighted by Gasteiger charge is -2.34. The van der Waals surface area contributed by atoms with Crippen molar-refractivity contribution in [2.45, 2.75) is 82.2 Å². The Morgan fingerprint density at radius 2 is 0.821 bits per heavy atom. The molecule has 0 saturated heterocycles. The van der Waals surface area contributed by atoms with Gasteiger partial charge in [-0.2, -0.15) is 0 Å². The Bertz CT molecular complexity index is 629. The van der Waals surface area contributed by atoms with Crippen LogP contribution in [0.1, 0.15) is 51.4 Å². The lowest BCUT2D eigenvalue weighted by Crippen LogP contribution is -2.27. The van der Waals surface area contributed by atoms with Crippen LogP contribution in [0.25, 0.3) is 0 Å². The van der Waals surface area contributed by atoms with Crippen LogP contribution in [-0.2, 0) is 0 Å². The van der Waals surface area contributed by atoms with Gasteiger partial charge in [-0.1, -0.05) is 83.7 Å². The topological polar surface area (TPSA) is 0 Å². The fraction of sp³-hybridized carbons (Fsp3) is 0.500. The van der Waals surface area contributed by atoms with Gasteiger partial charge in [-0.25, -0.2) is 0 Å². The molecule has 2 fully saturated rings. The molecule has 0 nitrogen and oxygen atoms in total. The summed E-state index contributed by atoms with van der Waals surface area (Å²) < 4.78 is 0. The third-order valence-corrected chi connectivity index (χ3v) is 12.4. The highest BCUT2D eigenvalue weighted by molar-refractivity contribution is 8.77. The minimum Gasteiger partial charge on any atom is -0.122 e. The molecular weight excluding hydrogens is 417 g/mol. The molecule has 0 N–H and O–H groups in total. The normalized spacial score (nSPS) is 28.1. The number of rotatable bonds is 7. The predicted octanol–water partition coefficient (Wildman–Crippen LogP) is 8.57. The number of benzene rings is 2. The Morgan fingerprint density at radius 3 is 1.21 bits per heavy atom. The number of hydrogen-bond donors (Lipinski definition) is 0. The lowest BCUT2D eigenvalue weighted by molar-refractivity contribution is 0.526. The first-order valence-corrected chi connectivity index (χ1v) is 14.7. The maximum absolute atomic E-state index is 2.28. The molecule has 4 rings (SSSR count). The van der Waals surface area contributed by atoms with Crippen LogP contribution < -0.4 is 0 Å². The quantitative estimate of drug-likeness (QED) is 0.390. The molecule has 0 aromatic heterocycles. The summed E-state index contributed by atoms with van der Waals surface area (Å²) in [6.45, 7) is 0. The fourth-order valence-corrected chi connectivity index (χ4v) is 11.2. The number of hydrogen-bond acceptors (Lipinski definition) is 4. The molecule has 150 valence electrons. The van der Waals surface area contributed by atoms with Crippen LogP contribution in [0, 0.1) is 0 Å². The van der Waals surface area contributed by atoms with E-state index in [2.05, 4.69) is 106 Å². The summed E-state index contributed by atoms with van der Waals surface area (Å²) >= 11 is 4.25. The van der Waals surface area contributed by atoms with E-state index in [-0.39, 0.29) is 0 Å². The van der Waals surface area contributed by atoms with Gasteiger partial charge in [0.2, 0.25) is 0 Å². The molecule has 0 amide bonds. The van der Waals surface area contributed by atoms with Gasteiger partial charge in [0.25, 0.3) is 0 Å². The summed E-state index contributed by atoms with van der Waals surface area (Å²) in [7, 11) is 4.46. The van der Waals surface area contributed by atoms with Crippen molar-refractivity contribution in [3.05, 3.63) is 60.7 Å². The van der Waals surface area contributed by atoms with E-state index < -0.39 is 0 Å². The van der Waals surface area contributed by atoms with Gasteiger partial charge in [0, 0.05) is 30.8 Å². The third-order valence-electron chi connectivity index (χ3n) is 5.65. The van der Waals surface area contributed by atoms with Crippen molar-refractivity contribution in [3.63, 3.8) is 0 Å². The molecule has 2 aromatic carbocycles. The molecule has 4 heteroatoms. The Kier molecular flexibility index (Phi) is 8.50. The Morgan fingerprint density at radius 1 is 0.464 bits per heavy atom. The highest BCUT2D eigenvalue weighted by atomic mass is 33.1. The van der Waals surface area contributed by atoms with E-state index in [0.717, 1.165) is 21.0 Å². The zero-order valence-electron chi connectivity index (χ0n) is 16.4. The molecule has 0 radical (unpaired) electrons. The van der Waals surface area contributed by atoms with Crippen LogP contribution in [0.4, 0.5) is 0 Å². The summed E-state index contributed by atoms with van der Waals surface area (Å²) in [5.74, 6) is 0. The molecule has 28 heavy (non-hydrogen) atoms. The highest BCUT2D eigenvalue weighted by Crippen LogP contribution is 2.49. The fourth-order valence-electron chi connectivity index (χ4n) is 4.11. The van der Waals surface area contributed by atoms with E-state index in [4.69, 9.17) is 0 Å². The largest absolute Gasteiger partial charge is 0.122 e. The summed E-state index contributed by atoms with van der Waals surface area (Å²) in [4.78, 5) is 2.89. The van der Waals surface area contributed by atoms with Gasteiger partial charge in [0.1, 0.15) is 0 Å². The molecule has 2 saturated carbocycles. The van der Waals surface area contributed by atoms with Crippen molar-refractivity contribution in [1.29, 1.82) is 0 Å². The number of thioether (sulfide) groups is 2. The van der Waals surface area contributed by atoms with E-state index in [1.807, 2.05) is 0 Å². The van der Waals surface area contributed by atoms with Crippen LogP contribution >= 0.6 is 45.1 Å². The molecular formula is C24H30S4. The SMILES string of the molecule is c1ccc(SC2CCCCC2SSC2CCCCC2Sc2ccccc2)cc1. The van der Waals surface area contributed by atoms with Crippen molar-refractivity contribution in [2.75, 3.05) is 0 Å². The van der Waals surface area contributed by atoms with E-state index in [1.54, 1.807) is 0 Å². The first-order valence-electron chi connectivity index (χ1n) is 10.6. The summed E-state index contributed by atoms with van der Waals surface area (Å²) in [6.07, 6.45) is 11.2. The summed E-state index contributed by atoms with van der Waals surface area (Å²) in [5, 5.41) is 3.15. The Labute approximate surface area is 187 Å². The van der Waals surface area contributed by atoms with Crippen LogP contribution in [0.15, 0.2) is 70.5 Å². The molecule has 0 aliphatic heterocycles. The van der Waals surface area contributed by atoms with Gasteiger partial charge >= 0.3 is 0 Å². The Balaban J connectivity index is 1.34. The molecule has 2 aliphatic rings. The standard InChI is InChI=1S/C24H30S4/c1-3-11-19(12-4-1)25-21-15-7-9-17-23(21)27-28-24-18-10-8-16-22(24)26-20-13-5-2-6-14-20/h1-6,11-14,21-24H,7-10,15-18H2. The van der Waals surface area contributed by atoms with Gasteiger partial charge in [0.15, 0.2) is 0 Å². The van der Waals surface area contributed by atoms with Crippen LogP contribution in [0.5, 0.6) is 0 Å². The van der Waals surface area contributed by atoms with Gasteiger partial charge in [-0.3, -0.25) is 0 Å². The minimum absolute atomic E-state index is 0.775. The van der Waals surface area contributed by atoms with Gasteiger partial charge in [-0.15, -0.1) is 23.5 Å². The monoisotopic (exact) mass is 446 g/mol. The van der Waals surface area contributed by atoms with Gasteiger partial charge in [-0.05, 0) is 49.9 Å². The summed E-state index contributed by atoms with van der Waals surface area (Å²) in [6, 6.07) is 22.1. The summed E-state index contributed by atoms with van der Waals surface area (Å²) in [5.41, 5.74) is 0. The van der Waals surface area contributed by atoms with Gasteiger partial charge in [0.05, 0.1) is 0 Å². The van der Waals surface area contributed by atoms with Crippen molar-refractivity contribution in [2.24, 2.45) is 0 Å². The first kappa shape index (κ1) is 21.1. The van der Waals surface area contributed by atoms with E-state index in [1.165, 1.54) is 61.2 Å². The zero-order valence-corrected chi connectivity index (χ0v) is 19.6.